The first-order valence-electron chi connectivity index (χ1n) is 9.44. The third kappa shape index (κ3) is 8.07. The lowest BCUT2D eigenvalue weighted by Crippen LogP contribution is -2.14. The molecule has 3 rings (SSSR count). The van der Waals surface area contributed by atoms with Crippen molar-refractivity contribution < 1.29 is 14.3 Å². The van der Waals surface area contributed by atoms with E-state index in [9.17, 15) is 4.79 Å². The second kappa shape index (κ2) is 11.5. The summed E-state index contributed by atoms with van der Waals surface area (Å²) in [5.74, 6) is 0.428. The molecule has 0 atom stereocenters. The number of ketones is 1. The molecule has 1 aromatic heterocycles. The Labute approximate surface area is 191 Å². The SMILES string of the molecule is CCOCC(C)(C)C.O=C(c1ccc(Oc2nccs2)cc1)c1cc(Cl)ccc1Cl. The first kappa shape index (κ1) is 24.4. The van der Waals surface area contributed by atoms with Crippen LogP contribution in [0, 0.1) is 5.41 Å². The van der Waals surface area contributed by atoms with Crippen LogP contribution in [0.3, 0.4) is 0 Å². The van der Waals surface area contributed by atoms with Crippen molar-refractivity contribution >= 4 is 40.3 Å². The molecule has 0 aliphatic rings. The van der Waals surface area contributed by atoms with Crippen molar-refractivity contribution in [2.75, 3.05) is 13.2 Å². The van der Waals surface area contributed by atoms with E-state index in [-0.39, 0.29) is 5.78 Å². The molecule has 1 heterocycles. The Bertz CT molecular complexity index is 936. The Morgan fingerprint density at radius 2 is 1.80 bits per heavy atom. The molecule has 7 heteroatoms. The average Bonchev–Trinajstić information content (AvgIpc) is 3.21. The van der Waals surface area contributed by atoms with Crippen LogP contribution < -0.4 is 4.74 Å². The van der Waals surface area contributed by atoms with Gasteiger partial charge in [0.1, 0.15) is 5.75 Å². The number of nitrogens with zero attached hydrogens (tertiary/aromatic N) is 1. The lowest BCUT2D eigenvalue weighted by atomic mass is 9.99. The number of halogens is 2. The number of hydrogen-bond donors (Lipinski definition) is 0. The van der Waals surface area contributed by atoms with Crippen LogP contribution in [0.1, 0.15) is 43.6 Å². The zero-order chi connectivity index (χ0) is 22.1. The van der Waals surface area contributed by atoms with Crippen LogP contribution in [0.15, 0.2) is 54.0 Å². The minimum atomic E-state index is -0.187. The molecule has 0 bridgehead atoms. The molecule has 0 radical (unpaired) electrons. The zero-order valence-corrected chi connectivity index (χ0v) is 19.8. The maximum atomic E-state index is 12.5. The van der Waals surface area contributed by atoms with Crippen molar-refractivity contribution in [1.29, 1.82) is 0 Å². The van der Waals surface area contributed by atoms with Crippen LogP contribution in [0.5, 0.6) is 10.9 Å². The lowest BCUT2D eigenvalue weighted by molar-refractivity contribution is 0.0805. The van der Waals surface area contributed by atoms with E-state index in [0.29, 0.717) is 37.5 Å². The minimum absolute atomic E-state index is 0.187. The number of ether oxygens (including phenoxy) is 2. The van der Waals surface area contributed by atoms with Gasteiger partial charge >= 0.3 is 0 Å². The molecule has 2 aromatic carbocycles. The Morgan fingerprint density at radius 1 is 1.10 bits per heavy atom. The molecule has 0 fully saturated rings. The van der Waals surface area contributed by atoms with E-state index in [1.807, 2.05) is 12.3 Å². The van der Waals surface area contributed by atoms with Gasteiger partial charge in [0.05, 0.1) is 11.6 Å². The van der Waals surface area contributed by atoms with E-state index < -0.39 is 0 Å². The van der Waals surface area contributed by atoms with Gasteiger partial charge in [0.2, 0.25) is 0 Å². The minimum Gasteiger partial charge on any atom is -0.431 e. The van der Waals surface area contributed by atoms with Crippen molar-refractivity contribution in [3.05, 3.63) is 75.2 Å². The predicted molar refractivity (Wildman–Crippen MR) is 124 cm³/mol. The normalized spacial score (nSPS) is 10.9. The molecule has 0 N–H and O–H groups in total. The first-order valence-corrected chi connectivity index (χ1v) is 11.1. The maximum Gasteiger partial charge on any atom is 0.278 e. The maximum absolute atomic E-state index is 12.5. The van der Waals surface area contributed by atoms with Gasteiger partial charge in [-0.15, -0.1) is 0 Å². The molecule has 0 unspecified atom stereocenters. The molecule has 160 valence electrons. The number of hydrogen-bond acceptors (Lipinski definition) is 5. The number of benzene rings is 2. The summed E-state index contributed by atoms with van der Waals surface area (Å²) in [4.78, 5) is 16.5. The van der Waals surface area contributed by atoms with Crippen molar-refractivity contribution in [3.63, 3.8) is 0 Å². The van der Waals surface area contributed by atoms with Gasteiger partial charge in [0, 0.05) is 34.3 Å². The molecule has 0 spiro atoms. The van der Waals surface area contributed by atoms with Crippen LogP contribution >= 0.6 is 34.5 Å². The van der Waals surface area contributed by atoms with Gasteiger partial charge in [-0.05, 0) is 54.8 Å². The standard InChI is InChI=1S/C16H9Cl2NO2S.C7H16O/c17-11-3-6-14(18)13(9-11)15(20)10-1-4-12(5-2-10)21-16-19-7-8-22-16;1-5-8-6-7(2,3)4/h1-9H;5-6H2,1-4H3. The van der Waals surface area contributed by atoms with Crippen molar-refractivity contribution in [2.45, 2.75) is 27.7 Å². The second-order valence-electron chi connectivity index (χ2n) is 7.58. The molecule has 0 aliphatic carbocycles. The molecule has 3 aromatic rings. The van der Waals surface area contributed by atoms with E-state index in [2.05, 4.69) is 25.8 Å². The molecule has 30 heavy (non-hydrogen) atoms. The fourth-order valence-corrected chi connectivity index (χ4v) is 3.15. The summed E-state index contributed by atoms with van der Waals surface area (Å²) in [5, 5.41) is 3.22. The molecule has 0 saturated carbocycles. The highest BCUT2D eigenvalue weighted by Gasteiger charge is 2.14. The molecule has 0 saturated heterocycles. The van der Waals surface area contributed by atoms with Gasteiger partial charge in [-0.3, -0.25) is 4.79 Å². The summed E-state index contributed by atoms with van der Waals surface area (Å²) >= 11 is 13.4. The van der Waals surface area contributed by atoms with Crippen molar-refractivity contribution in [2.24, 2.45) is 5.41 Å². The van der Waals surface area contributed by atoms with Gasteiger partial charge in [-0.25, -0.2) is 4.98 Å². The number of carbonyl (C=O) groups is 1. The molecule has 0 aliphatic heterocycles. The first-order chi connectivity index (χ1) is 14.2. The summed E-state index contributed by atoms with van der Waals surface area (Å²) in [6.45, 7) is 10.2. The lowest BCUT2D eigenvalue weighted by Gasteiger charge is -2.16. The largest absolute Gasteiger partial charge is 0.431 e. The molecular weight excluding hydrogens is 441 g/mol. The number of thiazole rings is 1. The van der Waals surface area contributed by atoms with E-state index in [4.69, 9.17) is 32.7 Å². The fraction of sp³-hybridized carbons (Fsp3) is 0.304. The Hall–Kier alpha value is -1.92. The summed E-state index contributed by atoms with van der Waals surface area (Å²) in [5.41, 5.74) is 1.22. The van der Waals surface area contributed by atoms with E-state index in [1.165, 1.54) is 11.3 Å². The predicted octanol–water partition coefficient (Wildman–Crippen LogP) is 7.54. The van der Waals surface area contributed by atoms with E-state index >= 15 is 0 Å². The Kier molecular flexibility index (Phi) is 9.31. The van der Waals surface area contributed by atoms with Gasteiger partial charge in [-0.1, -0.05) is 55.3 Å². The third-order valence-electron chi connectivity index (χ3n) is 3.64. The highest BCUT2D eigenvalue weighted by Crippen LogP contribution is 2.26. The smallest absolute Gasteiger partial charge is 0.278 e. The quantitative estimate of drug-likeness (QED) is 0.352. The van der Waals surface area contributed by atoms with Gasteiger partial charge in [0.25, 0.3) is 5.19 Å². The van der Waals surface area contributed by atoms with E-state index in [0.717, 1.165) is 13.2 Å². The topological polar surface area (TPSA) is 48.4 Å². The number of rotatable bonds is 6. The van der Waals surface area contributed by atoms with Crippen LogP contribution in [-0.4, -0.2) is 24.0 Å². The van der Waals surface area contributed by atoms with Gasteiger partial charge < -0.3 is 9.47 Å². The van der Waals surface area contributed by atoms with Crippen molar-refractivity contribution in [1.82, 2.24) is 4.98 Å². The van der Waals surface area contributed by atoms with Gasteiger partial charge in [-0.2, -0.15) is 0 Å². The Balaban J connectivity index is 0.000000343. The second-order valence-corrected chi connectivity index (χ2v) is 9.28. The highest BCUT2D eigenvalue weighted by atomic mass is 35.5. The average molecular weight is 466 g/mol. The number of carbonyl (C=O) groups excluding carboxylic acids is 1. The van der Waals surface area contributed by atoms with Crippen LogP contribution in [0.25, 0.3) is 0 Å². The summed E-state index contributed by atoms with van der Waals surface area (Å²) in [6.07, 6.45) is 1.67. The number of aromatic nitrogens is 1. The molecule has 4 nitrogen and oxygen atoms in total. The van der Waals surface area contributed by atoms with Gasteiger partial charge in [0.15, 0.2) is 5.78 Å². The van der Waals surface area contributed by atoms with Crippen LogP contribution in [0.4, 0.5) is 0 Å². The summed E-state index contributed by atoms with van der Waals surface area (Å²) in [7, 11) is 0. The highest BCUT2D eigenvalue weighted by molar-refractivity contribution is 7.11. The van der Waals surface area contributed by atoms with Crippen LogP contribution in [0.2, 0.25) is 10.0 Å². The van der Waals surface area contributed by atoms with Crippen molar-refractivity contribution in [3.8, 4) is 10.9 Å². The summed E-state index contributed by atoms with van der Waals surface area (Å²) in [6, 6.07) is 11.6. The zero-order valence-electron chi connectivity index (χ0n) is 17.4. The van der Waals surface area contributed by atoms with E-state index in [1.54, 1.807) is 48.7 Å². The monoisotopic (exact) mass is 465 g/mol. The molecule has 0 amide bonds. The summed E-state index contributed by atoms with van der Waals surface area (Å²) < 4.78 is 10.7. The Morgan fingerprint density at radius 3 is 2.33 bits per heavy atom. The fourth-order valence-electron chi connectivity index (χ4n) is 2.27. The molecular formula is C23H25Cl2NO3S. The van der Waals surface area contributed by atoms with Crippen LogP contribution in [-0.2, 0) is 4.74 Å². The third-order valence-corrected chi connectivity index (χ3v) is 4.86.